The van der Waals surface area contributed by atoms with Gasteiger partial charge < -0.3 is 5.73 Å². The molecule has 6 heteroatoms. The quantitative estimate of drug-likeness (QED) is 0.635. The van der Waals surface area contributed by atoms with Gasteiger partial charge >= 0.3 is 6.18 Å². The van der Waals surface area contributed by atoms with Crippen molar-refractivity contribution >= 4 is 29.1 Å². The predicted molar refractivity (Wildman–Crippen MR) is 56.7 cm³/mol. The topological polar surface area (TPSA) is 26.0 Å². The van der Waals surface area contributed by atoms with Crippen LogP contribution in [0.2, 0.25) is 0 Å². The minimum absolute atomic E-state index is 0.168. The van der Waals surface area contributed by atoms with Crippen LogP contribution < -0.4 is 5.73 Å². The normalized spacial score (nSPS) is 11.5. The van der Waals surface area contributed by atoms with Crippen LogP contribution in [-0.2, 0) is 6.18 Å². The summed E-state index contributed by atoms with van der Waals surface area (Å²) in [5.74, 6) is 0. The lowest BCUT2D eigenvalue weighted by Gasteiger charge is -2.10. The van der Waals surface area contributed by atoms with Gasteiger partial charge in [-0.1, -0.05) is 29.9 Å². The zero-order valence-electron chi connectivity index (χ0n) is 7.44. The lowest BCUT2D eigenvalue weighted by Crippen LogP contribution is -2.05. The fraction of sp³-hybridized carbons (Fsp3) is 0.111. The molecule has 0 bridgehead atoms. The fourth-order valence-corrected chi connectivity index (χ4v) is 1.78. The van der Waals surface area contributed by atoms with Crippen molar-refractivity contribution in [1.29, 1.82) is 0 Å². The van der Waals surface area contributed by atoms with E-state index in [0.29, 0.717) is 0 Å². The number of thioether (sulfide) groups is 1. The predicted octanol–water partition coefficient (Wildman–Crippen LogP) is 4.09. The maximum atomic E-state index is 12.3. The van der Waals surface area contributed by atoms with Crippen LogP contribution >= 0.6 is 23.4 Å². The largest absolute Gasteiger partial charge is 0.416 e. The molecule has 0 atom stereocenters. The zero-order valence-corrected chi connectivity index (χ0v) is 9.01. The Morgan fingerprint density at radius 3 is 2.47 bits per heavy atom. The molecule has 0 radical (unpaired) electrons. The monoisotopic (exact) mass is 253 g/mol. The van der Waals surface area contributed by atoms with Gasteiger partial charge in [-0.05, 0) is 18.2 Å². The highest BCUT2D eigenvalue weighted by Gasteiger charge is 2.30. The van der Waals surface area contributed by atoms with Gasteiger partial charge in [0.2, 0.25) is 0 Å². The summed E-state index contributed by atoms with van der Waals surface area (Å²) in [6.45, 7) is 3.37. The minimum atomic E-state index is -4.38. The van der Waals surface area contributed by atoms with Crippen molar-refractivity contribution in [3.8, 4) is 0 Å². The van der Waals surface area contributed by atoms with Gasteiger partial charge in [0.15, 0.2) is 0 Å². The Kier molecular flexibility index (Phi) is 3.57. The van der Waals surface area contributed by atoms with E-state index < -0.39 is 11.7 Å². The molecule has 1 aromatic carbocycles. The van der Waals surface area contributed by atoms with E-state index in [1.807, 2.05) is 0 Å². The van der Waals surface area contributed by atoms with Gasteiger partial charge in [0.25, 0.3) is 0 Å². The lowest BCUT2D eigenvalue weighted by atomic mass is 10.2. The molecule has 0 saturated heterocycles. The molecule has 1 aromatic rings. The first-order valence-electron chi connectivity index (χ1n) is 3.79. The summed E-state index contributed by atoms with van der Waals surface area (Å²) < 4.78 is 37.2. The third-order valence-electron chi connectivity index (χ3n) is 1.56. The Morgan fingerprint density at radius 2 is 2.00 bits per heavy atom. The molecule has 0 heterocycles. The Morgan fingerprint density at radius 1 is 1.40 bits per heavy atom. The van der Waals surface area contributed by atoms with Gasteiger partial charge in [-0.25, -0.2) is 0 Å². The smallest absolute Gasteiger partial charge is 0.398 e. The number of benzene rings is 1. The molecular formula is C9H7ClF3NS. The molecule has 1 nitrogen and oxygen atoms in total. The zero-order chi connectivity index (χ0) is 11.6. The summed E-state index contributed by atoms with van der Waals surface area (Å²) in [6, 6.07) is 3.08. The second kappa shape index (κ2) is 4.37. The Labute approximate surface area is 94.1 Å². The van der Waals surface area contributed by atoms with E-state index in [-0.39, 0.29) is 14.9 Å². The molecule has 0 fully saturated rings. The molecule has 0 spiro atoms. The van der Waals surface area contributed by atoms with Gasteiger partial charge in [0.1, 0.15) is 0 Å². The van der Waals surface area contributed by atoms with Gasteiger partial charge in [0, 0.05) is 10.6 Å². The van der Waals surface area contributed by atoms with Crippen molar-refractivity contribution in [1.82, 2.24) is 0 Å². The summed E-state index contributed by atoms with van der Waals surface area (Å²) >= 11 is 6.38. The molecule has 0 aromatic heterocycles. The van der Waals surface area contributed by atoms with E-state index in [4.69, 9.17) is 17.3 Å². The fourth-order valence-electron chi connectivity index (χ4n) is 0.918. The van der Waals surface area contributed by atoms with Crippen molar-refractivity contribution in [3.63, 3.8) is 0 Å². The number of nitrogen functional groups attached to an aromatic ring is 1. The number of rotatable bonds is 2. The first kappa shape index (κ1) is 12.3. The molecular weight excluding hydrogens is 247 g/mol. The van der Waals surface area contributed by atoms with Crippen LogP contribution in [0.1, 0.15) is 5.56 Å². The van der Waals surface area contributed by atoms with Crippen LogP contribution in [0.25, 0.3) is 0 Å². The first-order valence-corrected chi connectivity index (χ1v) is 4.99. The van der Waals surface area contributed by atoms with E-state index in [0.717, 1.165) is 23.9 Å². The van der Waals surface area contributed by atoms with Crippen molar-refractivity contribution in [3.05, 3.63) is 34.7 Å². The third kappa shape index (κ3) is 3.35. The molecule has 0 aliphatic heterocycles. The molecule has 0 saturated carbocycles. The number of anilines is 1. The van der Waals surface area contributed by atoms with Crippen molar-refractivity contribution in [2.45, 2.75) is 11.1 Å². The summed E-state index contributed by atoms with van der Waals surface area (Å²) in [6.07, 6.45) is -4.38. The number of nitrogens with two attached hydrogens (primary N) is 1. The number of hydrogen-bond donors (Lipinski definition) is 1. The van der Waals surface area contributed by atoms with Crippen LogP contribution in [0.15, 0.2) is 34.0 Å². The molecule has 2 N–H and O–H groups in total. The van der Waals surface area contributed by atoms with Gasteiger partial charge in [-0.2, -0.15) is 13.2 Å². The molecule has 1 rings (SSSR count). The number of halogens is 4. The maximum Gasteiger partial charge on any atom is 0.416 e. The highest BCUT2D eigenvalue weighted by atomic mass is 35.5. The summed E-state index contributed by atoms with van der Waals surface area (Å²) in [5.41, 5.74) is 4.99. The van der Waals surface area contributed by atoms with Crippen LogP contribution in [0.3, 0.4) is 0 Å². The maximum absolute atomic E-state index is 12.3. The average molecular weight is 254 g/mol. The Hall–Kier alpha value is -0.810. The van der Waals surface area contributed by atoms with Crippen LogP contribution in [0, 0.1) is 0 Å². The third-order valence-corrected chi connectivity index (χ3v) is 2.59. The van der Waals surface area contributed by atoms with Gasteiger partial charge in [-0.3, -0.25) is 0 Å². The molecule has 0 aliphatic rings. The summed E-state index contributed by atoms with van der Waals surface area (Å²) in [7, 11) is 0. The van der Waals surface area contributed by atoms with E-state index in [1.165, 1.54) is 6.07 Å². The molecule has 82 valence electrons. The lowest BCUT2D eigenvalue weighted by molar-refractivity contribution is -0.137. The Balaban J connectivity index is 3.11. The van der Waals surface area contributed by atoms with Crippen LogP contribution in [0.5, 0.6) is 0 Å². The Bertz CT molecular complexity index is 389. The van der Waals surface area contributed by atoms with Crippen LogP contribution in [0.4, 0.5) is 18.9 Å². The van der Waals surface area contributed by atoms with Crippen molar-refractivity contribution < 1.29 is 13.2 Å². The highest BCUT2D eigenvalue weighted by molar-refractivity contribution is 8.04. The standard InChI is InChI=1S/C9H7ClF3NS/c1-5(10)15-8-4-6(9(11,12)13)2-3-7(8)14/h2-4H,1,14H2. The van der Waals surface area contributed by atoms with Gasteiger partial charge in [-0.15, -0.1) is 0 Å². The first-order chi connectivity index (χ1) is 6.80. The second-order valence-electron chi connectivity index (χ2n) is 2.71. The number of hydrogen-bond acceptors (Lipinski definition) is 2. The molecule has 0 unspecified atom stereocenters. The second-order valence-corrected chi connectivity index (χ2v) is 4.52. The van der Waals surface area contributed by atoms with Crippen LogP contribution in [-0.4, -0.2) is 0 Å². The minimum Gasteiger partial charge on any atom is -0.398 e. The molecule has 0 aliphatic carbocycles. The highest BCUT2D eigenvalue weighted by Crippen LogP contribution is 2.37. The summed E-state index contributed by atoms with van der Waals surface area (Å²) in [5, 5.41) is 0. The molecule has 15 heavy (non-hydrogen) atoms. The SMILES string of the molecule is C=C(Cl)Sc1cc(C(F)(F)F)ccc1N. The van der Waals surface area contributed by atoms with E-state index in [1.54, 1.807) is 0 Å². The number of alkyl halides is 3. The molecule has 0 amide bonds. The average Bonchev–Trinajstić information content (AvgIpc) is 2.06. The van der Waals surface area contributed by atoms with E-state index >= 15 is 0 Å². The van der Waals surface area contributed by atoms with E-state index in [2.05, 4.69) is 6.58 Å². The van der Waals surface area contributed by atoms with Crippen molar-refractivity contribution in [2.24, 2.45) is 0 Å². The van der Waals surface area contributed by atoms with Crippen molar-refractivity contribution in [2.75, 3.05) is 5.73 Å². The summed E-state index contributed by atoms with van der Waals surface area (Å²) in [4.78, 5) is 0.254. The van der Waals surface area contributed by atoms with E-state index in [9.17, 15) is 13.2 Å². The van der Waals surface area contributed by atoms with Gasteiger partial charge in [0.05, 0.1) is 9.93 Å².